The summed E-state index contributed by atoms with van der Waals surface area (Å²) >= 11 is 5.00. The smallest absolute Gasteiger partial charge is 0.366 e. The Kier molecular flexibility index (Phi) is 6.74. The van der Waals surface area contributed by atoms with Gasteiger partial charge in [0.1, 0.15) is 5.69 Å². The van der Waals surface area contributed by atoms with Crippen LogP contribution in [0.4, 0.5) is 30.2 Å². The SMILES string of the molecule is O=C(NC(=S)Nc1cccc(C(F)(F)F)c1)c1ccc(N2CCCCC2)c([N+](=O)[O-])c1. The number of nitrogens with zero attached hydrogens (tertiary/aromatic N) is 2. The third-order valence-electron chi connectivity index (χ3n) is 4.81. The van der Waals surface area contributed by atoms with Gasteiger partial charge in [-0.3, -0.25) is 20.2 Å². The Labute approximate surface area is 181 Å². The molecule has 0 unspecified atom stereocenters. The Bertz CT molecular complexity index is 1010. The quantitative estimate of drug-likeness (QED) is 0.396. The zero-order valence-corrected chi connectivity index (χ0v) is 17.1. The van der Waals surface area contributed by atoms with Gasteiger partial charge in [-0.2, -0.15) is 13.2 Å². The summed E-state index contributed by atoms with van der Waals surface area (Å²) in [6.07, 6.45) is -1.57. The first-order valence-electron chi connectivity index (χ1n) is 9.48. The van der Waals surface area contributed by atoms with E-state index in [0.29, 0.717) is 18.8 Å². The first-order valence-corrected chi connectivity index (χ1v) is 9.89. The number of carbonyl (C=O) groups is 1. The van der Waals surface area contributed by atoms with E-state index in [0.717, 1.165) is 31.4 Å². The number of thiocarbonyl (C=S) groups is 1. The van der Waals surface area contributed by atoms with Crippen LogP contribution >= 0.6 is 12.2 Å². The number of benzene rings is 2. The molecule has 7 nitrogen and oxygen atoms in total. The van der Waals surface area contributed by atoms with Crippen molar-refractivity contribution in [3.05, 3.63) is 63.7 Å². The Balaban J connectivity index is 1.72. The van der Waals surface area contributed by atoms with Gasteiger partial charge in [0.15, 0.2) is 5.11 Å². The lowest BCUT2D eigenvalue weighted by molar-refractivity contribution is -0.384. The predicted octanol–water partition coefficient (Wildman–Crippen LogP) is 4.73. The van der Waals surface area contributed by atoms with Gasteiger partial charge >= 0.3 is 6.18 Å². The minimum absolute atomic E-state index is 0.0145. The molecule has 2 N–H and O–H groups in total. The fourth-order valence-corrected chi connectivity index (χ4v) is 3.53. The van der Waals surface area contributed by atoms with E-state index in [1.165, 1.54) is 30.3 Å². The summed E-state index contributed by atoms with van der Waals surface area (Å²) in [4.78, 5) is 25.4. The average Bonchev–Trinajstić information content (AvgIpc) is 2.73. The van der Waals surface area contributed by atoms with Gasteiger partial charge in [0.25, 0.3) is 11.6 Å². The number of nitro groups is 1. The van der Waals surface area contributed by atoms with E-state index in [9.17, 15) is 28.1 Å². The maximum atomic E-state index is 12.8. The molecule has 3 rings (SSSR count). The summed E-state index contributed by atoms with van der Waals surface area (Å²) in [6.45, 7) is 1.41. The van der Waals surface area contributed by atoms with Crippen LogP contribution in [0.3, 0.4) is 0 Å². The number of alkyl halides is 3. The number of nitro benzene ring substituents is 1. The Morgan fingerprint density at radius 3 is 2.45 bits per heavy atom. The molecule has 2 aromatic rings. The molecule has 1 heterocycles. The van der Waals surface area contributed by atoms with Crippen molar-refractivity contribution in [1.29, 1.82) is 0 Å². The number of hydrogen-bond acceptors (Lipinski definition) is 5. The van der Waals surface area contributed by atoms with Crippen LogP contribution in [0.15, 0.2) is 42.5 Å². The number of anilines is 2. The molecule has 1 saturated heterocycles. The molecule has 1 aliphatic rings. The van der Waals surface area contributed by atoms with Crippen molar-refractivity contribution in [2.45, 2.75) is 25.4 Å². The summed E-state index contributed by atoms with van der Waals surface area (Å²) in [6, 6.07) is 8.50. The first-order chi connectivity index (χ1) is 14.6. The maximum Gasteiger partial charge on any atom is 0.416 e. The molecule has 0 aliphatic carbocycles. The number of halogens is 3. The van der Waals surface area contributed by atoms with E-state index < -0.39 is 22.6 Å². The van der Waals surface area contributed by atoms with Crippen molar-refractivity contribution in [2.75, 3.05) is 23.3 Å². The fraction of sp³-hybridized carbons (Fsp3) is 0.300. The van der Waals surface area contributed by atoms with E-state index >= 15 is 0 Å². The summed E-state index contributed by atoms with van der Waals surface area (Å²) in [5.74, 6) is -0.710. The summed E-state index contributed by atoms with van der Waals surface area (Å²) < 4.78 is 38.5. The van der Waals surface area contributed by atoms with E-state index in [2.05, 4.69) is 10.6 Å². The second-order valence-corrected chi connectivity index (χ2v) is 7.40. The average molecular weight is 452 g/mol. The number of carbonyl (C=O) groups excluding carboxylic acids is 1. The molecule has 0 spiro atoms. The molecular weight excluding hydrogens is 433 g/mol. The van der Waals surface area contributed by atoms with Crippen LogP contribution in [0.5, 0.6) is 0 Å². The number of hydrogen-bond donors (Lipinski definition) is 2. The Morgan fingerprint density at radius 1 is 1.10 bits per heavy atom. The molecule has 0 aromatic heterocycles. The second-order valence-electron chi connectivity index (χ2n) is 7.00. The van der Waals surface area contributed by atoms with Gasteiger partial charge in [-0.1, -0.05) is 6.07 Å². The van der Waals surface area contributed by atoms with Gasteiger partial charge in [-0.05, 0) is 61.8 Å². The molecule has 164 valence electrons. The zero-order valence-electron chi connectivity index (χ0n) is 16.2. The van der Waals surface area contributed by atoms with Crippen LogP contribution in [-0.4, -0.2) is 29.0 Å². The minimum atomic E-state index is -4.52. The van der Waals surface area contributed by atoms with Crippen molar-refractivity contribution in [1.82, 2.24) is 5.32 Å². The Morgan fingerprint density at radius 2 is 1.81 bits per heavy atom. The lowest BCUT2D eigenvalue weighted by atomic mass is 10.1. The highest BCUT2D eigenvalue weighted by Crippen LogP contribution is 2.32. The third kappa shape index (κ3) is 5.69. The molecular formula is C20H19F3N4O3S. The van der Waals surface area contributed by atoms with Crippen molar-refractivity contribution >= 4 is 40.3 Å². The highest BCUT2D eigenvalue weighted by molar-refractivity contribution is 7.80. The highest BCUT2D eigenvalue weighted by atomic mass is 32.1. The largest absolute Gasteiger partial charge is 0.416 e. The first kappa shape index (κ1) is 22.5. The maximum absolute atomic E-state index is 12.8. The summed E-state index contributed by atoms with van der Waals surface area (Å²) in [5.41, 5.74) is -0.542. The van der Waals surface area contributed by atoms with Gasteiger partial charge in [0, 0.05) is 30.4 Å². The number of rotatable bonds is 4. The van der Waals surface area contributed by atoms with Crippen molar-refractivity contribution in [3.8, 4) is 0 Å². The summed E-state index contributed by atoms with van der Waals surface area (Å²) in [7, 11) is 0. The lowest BCUT2D eigenvalue weighted by Gasteiger charge is -2.28. The Hall–Kier alpha value is -3.21. The summed E-state index contributed by atoms with van der Waals surface area (Å²) in [5, 5.41) is 16.1. The third-order valence-corrected chi connectivity index (χ3v) is 5.01. The number of nitrogens with one attached hydrogen (secondary N) is 2. The van der Waals surface area contributed by atoms with Gasteiger partial charge in [-0.15, -0.1) is 0 Å². The van der Waals surface area contributed by atoms with Crippen LogP contribution in [0.1, 0.15) is 35.2 Å². The molecule has 0 saturated carbocycles. The highest BCUT2D eigenvalue weighted by Gasteiger charge is 2.30. The topological polar surface area (TPSA) is 87.5 Å². The van der Waals surface area contributed by atoms with Crippen LogP contribution < -0.4 is 15.5 Å². The fourth-order valence-electron chi connectivity index (χ4n) is 3.32. The molecule has 1 aliphatic heterocycles. The van der Waals surface area contributed by atoms with E-state index in [4.69, 9.17) is 12.2 Å². The molecule has 0 radical (unpaired) electrons. The van der Waals surface area contributed by atoms with Crippen molar-refractivity contribution in [2.24, 2.45) is 0 Å². The molecule has 1 amide bonds. The van der Waals surface area contributed by atoms with E-state index in [-0.39, 0.29) is 22.1 Å². The van der Waals surface area contributed by atoms with E-state index in [1.807, 2.05) is 4.90 Å². The molecule has 0 atom stereocenters. The van der Waals surface area contributed by atoms with Gasteiger partial charge in [0.05, 0.1) is 10.5 Å². The normalized spacial score (nSPS) is 14.1. The van der Waals surface area contributed by atoms with Gasteiger partial charge in [-0.25, -0.2) is 0 Å². The second kappa shape index (κ2) is 9.29. The van der Waals surface area contributed by atoms with Crippen LogP contribution in [-0.2, 0) is 6.18 Å². The minimum Gasteiger partial charge on any atom is -0.366 e. The van der Waals surface area contributed by atoms with Crippen molar-refractivity contribution < 1.29 is 22.9 Å². The van der Waals surface area contributed by atoms with Crippen LogP contribution in [0.2, 0.25) is 0 Å². The number of amides is 1. The molecule has 11 heteroatoms. The van der Waals surface area contributed by atoms with Crippen LogP contribution in [0, 0.1) is 10.1 Å². The number of piperidine rings is 1. The lowest BCUT2D eigenvalue weighted by Crippen LogP contribution is -2.34. The monoisotopic (exact) mass is 452 g/mol. The zero-order chi connectivity index (χ0) is 22.6. The van der Waals surface area contributed by atoms with Crippen LogP contribution in [0.25, 0.3) is 0 Å². The standard InChI is InChI=1S/C20H19F3N4O3S/c21-20(22,23)14-5-4-6-15(12-14)24-19(31)25-18(28)13-7-8-16(17(11-13)27(29)30)26-9-2-1-3-10-26/h4-8,11-12H,1-3,9-10H2,(H2,24,25,28,31). The molecule has 0 bridgehead atoms. The molecule has 31 heavy (non-hydrogen) atoms. The van der Waals surface area contributed by atoms with Gasteiger partial charge in [0.2, 0.25) is 0 Å². The molecule has 2 aromatic carbocycles. The van der Waals surface area contributed by atoms with Gasteiger partial charge < -0.3 is 10.2 Å². The van der Waals surface area contributed by atoms with Crippen molar-refractivity contribution in [3.63, 3.8) is 0 Å². The predicted molar refractivity (Wildman–Crippen MR) is 114 cm³/mol. The van der Waals surface area contributed by atoms with E-state index in [1.54, 1.807) is 0 Å². The molecule has 1 fully saturated rings.